The molecule has 2 rings (SSSR count). The van der Waals surface area contributed by atoms with Gasteiger partial charge in [-0.1, -0.05) is 11.6 Å². The van der Waals surface area contributed by atoms with E-state index in [4.69, 9.17) is 16.3 Å². The highest BCUT2D eigenvalue weighted by Gasteiger charge is 2.29. The average Bonchev–Trinajstić information content (AvgIpc) is 2.34. The van der Waals surface area contributed by atoms with Crippen LogP contribution in [0.5, 0.6) is 0 Å². The molecular weight excluding hydrogens is 266 g/mol. The van der Waals surface area contributed by atoms with Gasteiger partial charge in [0.2, 0.25) is 0 Å². The van der Waals surface area contributed by atoms with E-state index in [-0.39, 0.29) is 22.2 Å². The molecule has 0 radical (unpaired) electrons. The molecule has 1 unspecified atom stereocenters. The SMILES string of the molecule is CCn1ncc(NC2CCOC(C)(C)C2)c(Cl)c1=O. The van der Waals surface area contributed by atoms with Gasteiger partial charge in [0.15, 0.2) is 0 Å². The fraction of sp³-hybridized carbons (Fsp3) is 0.692. The van der Waals surface area contributed by atoms with Gasteiger partial charge in [0, 0.05) is 19.2 Å². The number of aryl methyl sites for hydroxylation is 1. The fourth-order valence-corrected chi connectivity index (χ4v) is 2.57. The highest BCUT2D eigenvalue weighted by molar-refractivity contribution is 6.32. The number of nitrogens with zero attached hydrogens (tertiary/aromatic N) is 2. The second kappa shape index (κ2) is 5.51. The van der Waals surface area contributed by atoms with Crippen LogP contribution in [0.25, 0.3) is 0 Å². The molecule has 6 heteroatoms. The predicted molar refractivity (Wildman–Crippen MR) is 75.9 cm³/mol. The van der Waals surface area contributed by atoms with Gasteiger partial charge in [-0.3, -0.25) is 4.79 Å². The summed E-state index contributed by atoms with van der Waals surface area (Å²) >= 11 is 6.10. The molecule has 0 bridgehead atoms. The van der Waals surface area contributed by atoms with Gasteiger partial charge in [-0.2, -0.15) is 5.10 Å². The Kier molecular flexibility index (Phi) is 4.16. The molecule has 5 nitrogen and oxygen atoms in total. The van der Waals surface area contributed by atoms with Crippen molar-refractivity contribution >= 4 is 17.3 Å². The molecule has 1 N–H and O–H groups in total. The minimum absolute atomic E-state index is 0.145. The van der Waals surface area contributed by atoms with Crippen molar-refractivity contribution in [3.63, 3.8) is 0 Å². The van der Waals surface area contributed by atoms with Crippen LogP contribution in [-0.2, 0) is 11.3 Å². The molecule has 0 aromatic carbocycles. The summed E-state index contributed by atoms with van der Waals surface area (Å²) in [4.78, 5) is 11.9. The number of rotatable bonds is 3. The Morgan fingerprint density at radius 1 is 1.63 bits per heavy atom. The van der Waals surface area contributed by atoms with Crippen LogP contribution < -0.4 is 10.9 Å². The van der Waals surface area contributed by atoms with Crippen molar-refractivity contribution in [2.45, 2.75) is 51.8 Å². The van der Waals surface area contributed by atoms with Gasteiger partial charge in [0.1, 0.15) is 5.02 Å². The normalized spacial score (nSPS) is 22.2. The number of anilines is 1. The van der Waals surface area contributed by atoms with E-state index in [0.29, 0.717) is 18.8 Å². The molecule has 1 aromatic heterocycles. The lowest BCUT2D eigenvalue weighted by molar-refractivity contribution is -0.0553. The maximum absolute atomic E-state index is 11.9. The first-order valence-corrected chi connectivity index (χ1v) is 6.97. The zero-order valence-electron chi connectivity index (χ0n) is 11.6. The molecule has 2 heterocycles. The Morgan fingerprint density at radius 2 is 2.37 bits per heavy atom. The molecular formula is C13H20ClN3O2. The molecule has 19 heavy (non-hydrogen) atoms. The minimum Gasteiger partial charge on any atom is -0.379 e. The van der Waals surface area contributed by atoms with Crippen molar-refractivity contribution in [3.8, 4) is 0 Å². The highest BCUT2D eigenvalue weighted by Crippen LogP contribution is 2.27. The van der Waals surface area contributed by atoms with Crippen molar-refractivity contribution in [2.75, 3.05) is 11.9 Å². The number of hydrogen-bond donors (Lipinski definition) is 1. The van der Waals surface area contributed by atoms with E-state index >= 15 is 0 Å². The van der Waals surface area contributed by atoms with Crippen molar-refractivity contribution in [2.24, 2.45) is 0 Å². The number of ether oxygens (including phenoxy) is 1. The van der Waals surface area contributed by atoms with Gasteiger partial charge in [0.25, 0.3) is 5.56 Å². The molecule has 1 atom stereocenters. The van der Waals surface area contributed by atoms with Crippen LogP contribution in [0.4, 0.5) is 5.69 Å². The Morgan fingerprint density at radius 3 is 3.00 bits per heavy atom. The first-order chi connectivity index (χ1) is 8.93. The van der Waals surface area contributed by atoms with Crippen molar-refractivity contribution < 1.29 is 4.74 Å². The molecule has 1 fully saturated rings. The van der Waals surface area contributed by atoms with Crippen LogP contribution in [0.2, 0.25) is 5.02 Å². The topological polar surface area (TPSA) is 56.1 Å². The van der Waals surface area contributed by atoms with Crippen molar-refractivity contribution in [1.82, 2.24) is 9.78 Å². The number of nitrogens with one attached hydrogen (secondary N) is 1. The van der Waals surface area contributed by atoms with Gasteiger partial charge >= 0.3 is 0 Å². The largest absolute Gasteiger partial charge is 0.379 e. The van der Waals surface area contributed by atoms with Crippen molar-refractivity contribution in [3.05, 3.63) is 21.6 Å². The van der Waals surface area contributed by atoms with E-state index in [1.165, 1.54) is 4.68 Å². The van der Waals surface area contributed by atoms with Gasteiger partial charge in [-0.25, -0.2) is 4.68 Å². The molecule has 0 saturated carbocycles. The Bertz CT molecular complexity index is 513. The van der Waals surface area contributed by atoms with Crippen LogP contribution in [0.3, 0.4) is 0 Å². The zero-order chi connectivity index (χ0) is 14.0. The molecule has 1 aromatic rings. The molecule has 0 spiro atoms. The maximum Gasteiger partial charge on any atom is 0.287 e. The van der Waals surface area contributed by atoms with Crippen LogP contribution in [0, 0.1) is 0 Å². The summed E-state index contributed by atoms with van der Waals surface area (Å²) in [5, 5.41) is 7.60. The monoisotopic (exact) mass is 285 g/mol. The summed E-state index contributed by atoms with van der Waals surface area (Å²) in [7, 11) is 0. The van der Waals surface area contributed by atoms with Gasteiger partial charge in [-0.15, -0.1) is 0 Å². The third kappa shape index (κ3) is 3.28. The van der Waals surface area contributed by atoms with E-state index in [0.717, 1.165) is 12.8 Å². The van der Waals surface area contributed by atoms with E-state index in [1.54, 1.807) is 6.20 Å². The summed E-state index contributed by atoms with van der Waals surface area (Å²) < 4.78 is 7.02. The fourth-order valence-electron chi connectivity index (χ4n) is 2.37. The van der Waals surface area contributed by atoms with Crippen molar-refractivity contribution in [1.29, 1.82) is 0 Å². The quantitative estimate of drug-likeness (QED) is 0.926. The summed E-state index contributed by atoms with van der Waals surface area (Å²) in [6, 6.07) is 0.250. The molecule has 106 valence electrons. The lowest BCUT2D eigenvalue weighted by Gasteiger charge is -2.36. The van der Waals surface area contributed by atoms with E-state index in [1.807, 2.05) is 6.92 Å². The predicted octanol–water partition coefficient (Wildman–Crippen LogP) is 2.29. The van der Waals surface area contributed by atoms with Gasteiger partial charge < -0.3 is 10.1 Å². The molecule has 1 saturated heterocycles. The summed E-state index contributed by atoms with van der Waals surface area (Å²) in [6.07, 6.45) is 3.40. The van der Waals surface area contributed by atoms with E-state index < -0.39 is 0 Å². The summed E-state index contributed by atoms with van der Waals surface area (Å²) in [5.74, 6) is 0. The van der Waals surface area contributed by atoms with Crippen LogP contribution in [0.1, 0.15) is 33.6 Å². The third-order valence-corrected chi connectivity index (χ3v) is 3.71. The first-order valence-electron chi connectivity index (χ1n) is 6.59. The minimum atomic E-state index is -0.250. The third-order valence-electron chi connectivity index (χ3n) is 3.34. The summed E-state index contributed by atoms with van der Waals surface area (Å²) in [6.45, 7) is 7.22. The number of hydrogen-bond acceptors (Lipinski definition) is 4. The van der Waals surface area contributed by atoms with Crippen LogP contribution in [0.15, 0.2) is 11.0 Å². The molecule has 1 aliphatic heterocycles. The lowest BCUT2D eigenvalue weighted by atomic mass is 9.94. The molecule has 0 aliphatic carbocycles. The summed E-state index contributed by atoms with van der Waals surface area (Å²) in [5.41, 5.74) is 0.216. The van der Waals surface area contributed by atoms with E-state index in [2.05, 4.69) is 24.3 Å². The smallest absolute Gasteiger partial charge is 0.287 e. The average molecular weight is 286 g/mol. The first kappa shape index (κ1) is 14.3. The van der Waals surface area contributed by atoms with Crippen LogP contribution in [-0.4, -0.2) is 28.0 Å². The van der Waals surface area contributed by atoms with E-state index in [9.17, 15) is 4.79 Å². The van der Waals surface area contributed by atoms with Gasteiger partial charge in [0.05, 0.1) is 17.5 Å². The Labute approximate surface area is 117 Å². The molecule has 1 aliphatic rings. The Balaban J connectivity index is 2.16. The number of aromatic nitrogens is 2. The second-order valence-electron chi connectivity index (χ2n) is 5.44. The molecule has 0 amide bonds. The maximum atomic E-state index is 11.9. The lowest BCUT2D eigenvalue weighted by Crippen LogP contribution is -2.40. The van der Waals surface area contributed by atoms with Crippen LogP contribution >= 0.6 is 11.6 Å². The second-order valence-corrected chi connectivity index (χ2v) is 5.81. The highest BCUT2D eigenvalue weighted by atomic mass is 35.5. The van der Waals surface area contributed by atoms with Gasteiger partial charge in [-0.05, 0) is 33.6 Å². The Hall–Kier alpha value is -1.07. The number of halogens is 1. The standard InChI is InChI=1S/C13H20ClN3O2/c1-4-17-12(18)11(14)10(8-15-17)16-9-5-6-19-13(2,3)7-9/h8-9,16H,4-7H2,1-3H3. The zero-order valence-corrected chi connectivity index (χ0v) is 12.3.